The van der Waals surface area contributed by atoms with E-state index in [1.165, 1.54) is 23.9 Å². The highest BCUT2D eigenvalue weighted by Crippen LogP contribution is 2.27. The van der Waals surface area contributed by atoms with Gasteiger partial charge < -0.3 is 10.1 Å². The Labute approximate surface area is 124 Å². The van der Waals surface area contributed by atoms with E-state index in [1.807, 2.05) is 0 Å². The van der Waals surface area contributed by atoms with Crippen molar-refractivity contribution in [3.05, 3.63) is 21.6 Å². The molecule has 0 atom stereocenters. The first kappa shape index (κ1) is 15.3. The van der Waals surface area contributed by atoms with Gasteiger partial charge in [-0.25, -0.2) is 4.68 Å². The van der Waals surface area contributed by atoms with Gasteiger partial charge in [-0.1, -0.05) is 18.0 Å². The second-order valence-corrected chi connectivity index (χ2v) is 5.69. The highest BCUT2D eigenvalue weighted by atomic mass is 35.5. The largest absolute Gasteiger partial charge is 0.385 e. The van der Waals surface area contributed by atoms with Crippen molar-refractivity contribution in [1.29, 1.82) is 0 Å². The zero-order valence-electron chi connectivity index (χ0n) is 11.9. The molecule has 1 heterocycles. The molecule has 0 radical (unpaired) electrons. The van der Waals surface area contributed by atoms with Gasteiger partial charge in [0.15, 0.2) is 0 Å². The number of methoxy groups -OCH3 is 1. The summed E-state index contributed by atoms with van der Waals surface area (Å²) < 4.78 is 6.53. The van der Waals surface area contributed by atoms with Crippen molar-refractivity contribution in [1.82, 2.24) is 9.78 Å². The molecule has 0 bridgehead atoms. The third-order valence-corrected chi connectivity index (χ3v) is 4.02. The fraction of sp³-hybridized carbons (Fsp3) is 0.714. The van der Waals surface area contributed by atoms with Crippen molar-refractivity contribution in [3.8, 4) is 0 Å². The fourth-order valence-corrected chi connectivity index (χ4v) is 2.45. The van der Waals surface area contributed by atoms with Gasteiger partial charge in [0.25, 0.3) is 5.56 Å². The zero-order valence-corrected chi connectivity index (χ0v) is 12.7. The van der Waals surface area contributed by atoms with Gasteiger partial charge in [-0.2, -0.15) is 5.10 Å². The van der Waals surface area contributed by atoms with Gasteiger partial charge in [-0.15, -0.1) is 0 Å². The molecule has 1 N–H and O–H groups in total. The van der Waals surface area contributed by atoms with Gasteiger partial charge in [0.1, 0.15) is 5.69 Å². The topological polar surface area (TPSA) is 56.1 Å². The molecule has 1 aromatic rings. The molecule has 0 unspecified atom stereocenters. The Morgan fingerprint density at radius 2 is 2.30 bits per heavy atom. The number of hydrogen-bond donors (Lipinski definition) is 1. The van der Waals surface area contributed by atoms with Crippen LogP contribution in [0.3, 0.4) is 0 Å². The Morgan fingerprint density at radius 1 is 1.50 bits per heavy atom. The Bertz CT molecular complexity index is 486. The van der Waals surface area contributed by atoms with Crippen LogP contribution in [-0.4, -0.2) is 30.0 Å². The number of nitrogens with zero attached hydrogens (tertiary/aromatic N) is 2. The van der Waals surface area contributed by atoms with Crippen LogP contribution in [0.1, 0.15) is 32.1 Å². The third-order valence-electron chi connectivity index (χ3n) is 3.73. The highest BCUT2D eigenvalue weighted by molar-refractivity contribution is 6.32. The summed E-state index contributed by atoms with van der Waals surface area (Å²) in [5, 5.41) is 7.65. The highest BCUT2D eigenvalue weighted by Gasteiger charge is 2.20. The maximum Gasteiger partial charge on any atom is 0.291 e. The van der Waals surface area contributed by atoms with Crippen LogP contribution in [0.4, 0.5) is 5.69 Å². The van der Waals surface area contributed by atoms with Crippen molar-refractivity contribution in [3.63, 3.8) is 0 Å². The summed E-state index contributed by atoms with van der Waals surface area (Å²) in [4.78, 5) is 12.3. The van der Waals surface area contributed by atoms with Crippen molar-refractivity contribution in [2.75, 3.05) is 25.6 Å². The standard InChI is InChI=1S/C14H22ClN3O2/c1-20-8-3-2-7-16-13-12(15)9-17-18(14(13)19)10-11-5-4-6-11/h9,11,16H,2-8,10H2,1H3. The van der Waals surface area contributed by atoms with E-state index >= 15 is 0 Å². The number of hydrogen-bond acceptors (Lipinski definition) is 4. The van der Waals surface area contributed by atoms with Gasteiger partial charge in [0, 0.05) is 26.8 Å². The zero-order chi connectivity index (χ0) is 14.4. The first-order valence-corrected chi connectivity index (χ1v) is 7.58. The van der Waals surface area contributed by atoms with E-state index in [0.717, 1.165) is 19.4 Å². The van der Waals surface area contributed by atoms with Crippen LogP contribution in [0.2, 0.25) is 5.02 Å². The van der Waals surface area contributed by atoms with E-state index in [-0.39, 0.29) is 5.56 Å². The van der Waals surface area contributed by atoms with Crippen molar-refractivity contribution in [2.24, 2.45) is 5.92 Å². The third kappa shape index (κ3) is 3.96. The molecule has 0 amide bonds. The first-order chi connectivity index (χ1) is 9.72. The van der Waals surface area contributed by atoms with E-state index in [0.29, 0.717) is 29.7 Å². The molecule has 6 heteroatoms. The minimum Gasteiger partial charge on any atom is -0.385 e. The van der Waals surface area contributed by atoms with Crippen LogP contribution in [0.15, 0.2) is 11.0 Å². The van der Waals surface area contributed by atoms with Crippen LogP contribution in [0.5, 0.6) is 0 Å². The van der Waals surface area contributed by atoms with Crippen molar-refractivity contribution < 1.29 is 4.74 Å². The van der Waals surface area contributed by atoms with Crippen LogP contribution in [0, 0.1) is 5.92 Å². The van der Waals surface area contributed by atoms with Gasteiger partial charge in [-0.05, 0) is 31.6 Å². The predicted octanol–water partition coefficient (Wildman–Crippen LogP) is 2.54. The molecule has 1 saturated carbocycles. The summed E-state index contributed by atoms with van der Waals surface area (Å²) >= 11 is 6.06. The number of nitrogens with one attached hydrogen (secondary N) is 1. The lowest BCUT2D eigenvalue weighted by Gasteiger charge is -2.25. The minimum absolute atomic E-state index is 0.115. The molecule has 5 nitrogen and oxygen atoms in total. The average Bonchev–Trinajstić information content (AvgIpc) is 2.39. The van der Waals surface area contributed by atoms with Crippen molar-refractivity contribution in [2.45, 2.75) is 38.6 Å². The van der Waals surface area contributed by atoms with Crippen LogP contribution >= 0.6 is 11.6 Å². The number of ether oxygens (including phenoxy) is 1. The van der Waals surface area contributed by atoms with Crippen LogP contribution < -0.4 is 10.9 Å². The quantitative estimate of drug-likeness (QED) is 0.750. The van der Waals surface area contributed by atoms with E-state index in [2.05, 4.69) is 10.4 Å². The van der Waals surface area contributed by atoms with Gasteiger partial charge in [-0.3, -0.25) is 4.79 Å². The Morgan fingerprint density at radius 3 is 2.95 bits per heavy atom. The first-order valence-electron chi connectivity index (χ1n) is 7.21. The normalized spacial score (nSPS) is 15.1. The lowest BCUT2D eigenvalue weighted by atomic mass is 9.85. The summed E-state index contributed by atoms with van der Waals surface area (Å²) in [6.07, 6.45) is 7.10. The molecule has 1 aliphatic carbocycles. The fourth-order valence-electron chi connectivity index (χ4n) is 2.26. The van der Waals surface area contributed by atoms with Gasteiger partial charge in [0.2, 0.25) is 0 Å². The molecule has 0 spiro atoms. The number of rotatable bonds is 8. The minimum atomic E-state index is -0.115. The molecule has 1 aliphatic rings. The number of anilines is 1. The molecule has 20 heavy (non-hydrogen) atoms. The van der Waals surface area contributed by atoms with Crippen molar-refractivity contribution >= 4 is 17.3 Å². The summed E-state index contributed by atoms with van der Waals surface area (Å²) in [5.74, 6) is 0.593. The van der Waals surface area contributed by atoms with Crippen LogP contribution in [-0.2, 0) is 11.3 Å². The number of unbranched alkanes of at least 4 members (excludes halogenated alkanes) is 1. The molecule has 112 valence electrons. The molecule has 1 aromatic heterocycles. The molecule has 0 saturated heterocycles. The second kappa shape index (κ2) is 7.64. The molecule has 2 rings (SSSR count). The maximum absolute atomic E-state index is 12.3. The average molecular weight is 300 g/mol. The van der Waals surface area contributed by atoms with E-state index in [9.17, 15) is 4.79 Å². The molecular weight excluding hydrogens is 278 g/mol. The Hall–Kier alpha value is -1.07. The van der Waals surface area contributed by atoms with Gasteiger partial charge >= 0.3 is 0 Å². The van der Waals surface area contributed by atoms with Gasteiger partial charge in [0.05, 0.1) is 11.2 Å². The summed E-state index contributed by atoms with van der Waals surface area (Å²) in [6, 6.07) is 0. The SMILES string of the molecule is COCCCCNc1c(Cl)cnn(CC2CCC2)c1=O. The molecule has 0 aromatic carbocycles. The Kier molecular flexibility index (Phi) is 5.86. The summed E-state index contributed by atoms with van der Waals surface area (Å²) in [5.41, 5.74) is 0.356. The lowest BCUT2D eigenvalue weighted by molar-refractivity contribution is 0.194. The summed E-state index contributed by atoms with van der Waals surface area (Å²) in [7, 11) is 1.69. The molecular formula is C14H22ClN3O2. The Balaban J connectivity index is 1.95. The van der Waals surface area contributed by atoms with E-state index < -0.39 is 0 Å². The second-order valence-electron chi connectivity index (χ2n) is 5.28. The monoisotopic (exact) mass is 299 g/mol. The summed E-state index contributed by atoms with van der Waals surface area (Å²) in [6.45, 7) is 2.15. The lowest BCUT2D eigenvalue weighted by Crippen LogP contribution is -2.31. The molecule has 1 fully saturated rings. The van der Waals surface area contributed by atoms with E-state index in [1.54, 1.807) is 13.3 Å². The number of aromatic nitrogens is 2. The van der Waals surface area contributed by atoms with E-state index in [4.69, 9.17) is 16.3 Å². The number of halogens is 1. The maximum atomic E-state index is 12.3. The molecule has 0 aliphatic heterocycles. The van der Waals surface area contributed by atoms with Crippen LogP contribution in [0.25, 0.3) is 0 Å². The smallest absolute Gasteiger partial charge is 0.291 e. The predicted molar refractivity (Wildman–Crippen MR) is 80.4 cm³/mol.